The van der Waals surface area contributed by atoms with Gasteiger partial charge in [0.1, 0.15) is 0 Å². The molecule has 2 aromatic heterocycles. The second-order valence-electron chi connectivity index (χ2n) is 4.96. The Kier molecular flexibility index (Phi) is 2.31. The van der Waals surface area contributed by atoms with Gasteiger partial charge in [-0.15, -0.1) is 0 Å². The Balaban J connectivity index is 2.11. The fourth-order valence-electron chi connectivity index (χ4n) is 2.59. The molecule has 0 fully saturated rings. The number of hydrogen-bond acceptors (Lipinski definition) is 1. The van der Waals surface area contributed by atoms with Crippen molar-refractivity contribution >= 4 is 32.8 Å². The van der Waals surface area contributed by atoms with Crippen LogP contribution in [0.1, 0.15) is 5.56 Å². The SMILES string of the molecule is FC(F)(F)c1ccc2[nH]c3cc4ccccc4nc3c2c1. The average molecular weight is 286 g/mol. The third kappa shape index (κ3) is 1.85. The Morgan fingerprint density at radius 2 is 1.71 bits per heavy atom. The maximum absolute atomic E-state index is 12.8. The first-order valence-electron chi connectivity index (χ1n) is 6.41. The molecule has 104 valence electrons. The maximum Gasteiger partial charge on any atom is 0.416 e. The van der Waals surface area contributed by atoms with Crippen LogP contribution in [0.2, 0.25) is 0 Å². The molecule has 5 heteroatoms. The fourth-order valence-corrected chi connectivity index (χ4v) is 2.59. The van der Waals surface area contributed by atoms with Crippen LogP contribution >= 0.6 is 0 Å². The van der Waals surface area contributed by atoms with Gasteiger partial charge in [0.2, 0.25) is 0 Å². The number of rotatable bonds is 0. The number of nitrogens with one attached hydrogen (secondary N) is 1. The van der Waals surface area contributed by atoms with E-state index in [2.05, 4.69) is 9.97 Å². The molecule has 0 saturated heterocycles. The van der Waals surface area contributed by atoms with Crippen molar-refractivity contribution in [3.05, 3.63) is 54.1 Å². The number of hydrogen-bond donors (Lipinski definition) is 1. The largest absolute Gasteiger partial charge is 0.416 e. The first-order valence-corrected chi connectivity index (χ1v) is 6.41. The van der Waals surface area contributed by atoms with E-state index in [1.807, 2.05) is 30.3 Å². The Morgan fingerprint density at radius 1 is 0.905 bits per heavy atom. The topological polar surface area (TPSA) is 28.7 Å². The molecule has 0 aliphatic carbocycles. The lowest BCUT2D eigenvalue weighted by atomic mass is 10.1. The van der Waals surface area contributed by atoms with Gasteiger partial charge in [0, 0.05) is 16.3 Å². The Morgan fingerprint density at radius 3 is 2.52 bits per heavy atom. The monoisotopic (exact) mass is 286 g/mol. The molecule has 2 aromatic carbocycles. The van der Waals surface area contributed by atoms with E-state index in [0.29, 0.717) is 16.4 Å². The highest BCUT2D eigenvalue weighted by atomic mass is 19.4. The minimum Gasteiger partial charge on any atom is -0.353 e. The zero-order valence-corrected chi connectivity index (χ0v) is 10.7. The van der Waals surface area contributed by atoms with Crippen molar-refractivity contribution in [3.8, 4) is 0 Å². The molecule has 0 unspecified atom stereocenters. The quantitative estimate of drug-likeness (QED) is 0.490. The normalized spacial score (nSPS) is 12.5. The Labute approximate surface area is 117 Å². The van der Waals surface area contributed by atoms with Crippen LogP contribution in [-0.2, 0) is 6.18 Å². The molecule has 0 aliphatic heterocycles. The number of para-hydroxylation sites is 1. The Hall–Kier alpha value is -2.56. The van der Waals surface area contributed by atoms with Crippen molar-refractivity contribution in [2.24, 2.45) is 0 Å². The number of nitrogens with zero attached hydrogens (tertiary/aromatic N) is 1. The van der Waals surface area contributed by atoms with Gasteiger partial charge in [0.05, 0.1) is 22.1 Å². The number of aromatic nitrogens is 2. The van der Waals surface area contributed by atoms with Gasteiger partial charge >= 0.3 is 6.18 Å². The van der Waals surface area contributed by atoms with E-state index in [-0.39, 0.29) is 0 Å². The van der Waals surface area contributed by atoms with Gasteiger partial charge in [0.25, 0.3) is 0 Å². The average Bonchev–Trinajstić information content (AvgIpc) is 2.80. The minimum atomic E-state index is -4.35. The third-order valence-electron chi connectivity index (χ3n) is 3.60. The highest BCUT2D eigenvalue weighted by Crippen LogP contribution is 2.34. The molecule has 0 aliphatic rings. The predicted molar refractivity (Wildman–Crippen MR) is 76.1 cm³/mol. The van der Waals surface area contributed by atoms with E-state index in [1.165, 1.54) is 6.07 Å². The van der Waals surface area contributed by atoms with Crippen LogP contribution in [0.3, 0.4) is 0 Å². The molecule has 0 spiro atoms. The maximum atomic E-state index is 12.8. The summed E-state index contributed by atoms with van der Waals surface area (Å²) in [6, 6.07) is 13.1. The molecule has 2 nitrogen and oxygen atoms in total. The lowest BCUT2D eigenvalue weighted by Crippen LogP contribution is -2.03. The van der Waals surface area contributed by atoms with Crippen LogP contribution in [0, 0.1) is 0 Å². The number of benzene rings is 2. The standard InChI is InChI=1S/C16H9F3N2/c17-16(18,19)10-5-6-13-11(8-10)15-14(20-13)7-9-3-1-2-4-12(9)21-15/h1-8,20H. The molecule has 0 radical (unpaired) electrons. The summed E-state index contributed by atoms with van der Waals surface area (Å²) in [5, 5.41) is 1.44. The second kappa shape index (κ2) is 3.97. The zero-order chi connectivity index (χ0) is 14.6. The van der Waals surface area contributed by atoms with Gasteiger partial charge < -0.3 is 4.98 Å². The summed E-state index contributed by atoms with van der Waals surface area (Å²) in [4.78, 5) is 7.61. The molecule has 0 atom stereocenters. The first-order chi connectivity index (χ1) is 10.0. The van der Waals surface area contributed by atoms with Crippen molar-refractivity contribution in [1.82, 2.24) is 9.97 Å². The van der Waals surface area contributed by atoms with E-state index < -0.39 is 11.7 Å². The number of H-pyrrole nitrogens is 1. The summed E-state index contributed by atoms with van der Waals surface area (Å²) in [6.45, 7) is 0. The summed E-state index contributed by atoms with van der Waals surface area (Å²) in [6.07, 6.45) is -4.35. The molecule has 0 saturated carbocycles. The van der Waals surface area contributed by atoms with Crippen molar-refractivity contribution < 1.29 is 13.2 Å². The smallest absolute Gasteiger partial charge is 0.353 e. The van der Waals surface area contributed by atoms with E-state index in [0.717, 1.165) is 28.6 Å². The molecule has 4 aromatic rings. The van der Waals surface area contributed by atoms with E-state index in [1.54, 1.807) is 0 Å². The van der Waals surface area contributed by atoms with Gasteiger partial charge in [-0.1, -0.05) is 18.2 Å². The van der Waals surface area contributed by atoms with Gasteiger partial charge in [-0.05, 0) is 30.3 Å². The minimum absolute atomic E-state index is 0.491. The van der Waals surface area contributed by atoms with Crippen molar-refractivity contribution in [1.29, 1.82) is 0 Å². The Bertz CT molecular complexity index is 983. The lowest BCUT2D eigenvalue weighted by molar-refractivity contribution is -0.137. The molecule has 2 heterocycles. The van der Waals surface area contributed by atoms with E-state index in [4.69, 9.17) is 0 Å². The summed E-state index contributed by atoms with van der Waals surface area (Å²) in [7, 11) is 0. The van der Waals surface area contributed by atoms with Gasteiger partial charge in [-0.25, -0.2) is 4.98 Å². The summed E-state index contributed by atoms with van der Waals surface area (Å²) < 4.78 is 38.5. The number of halogens is 3. The molecular weight excluding hydrogens is 277 g/mol. The van der Waals surface area contributed by atoms with Crippen LogP contribution < -0.4 is 0 Å². The summed E-state index contributed by atoms with van der Waals surface area (Å²) in [5.74, 6) is 0. The zero-order valence-electron chi connectivity index (χ0n) is 10.7. The first kappa shape index (κ1) is 12.2. The molecule has 4 rings (SSSR count). The van der Waals surface area contributed by atoms with Crippen LogP contribution in [0.4, 0.5) is 13.2 Å². The van der Waals surface area contributed by atoms with Crippen molar-refractivity contribution in [2.45, 2.75) is 6.18 Å². The summed E-state index contributed by atoms with van der Waals surface area (Å²) >= 11 is 0. The number of fused-ring (bicyclic) bond motifs is 4. The van der Waals surface area contributed by atoms with Crippen LogP contribution in [-0.4, -0.2) is 9.97 Å². The number of aromatic amines is 1. The van der Waals surface area contributed by atoms with Gasteiger partial charge in [0.15, 0.2) is 0 Å². The third-order valence-corrected chi connectivity index (χ3v) is 3.60. The lowest BCUT2D eigenvalue weighted by Gasteiger charge is -2.05. The number of pyridine rings is 1. The van der Waals surface area contributed by atoms with Crippen LogP contribution in [0.15, 0.2) is 48.5 Å². The summed E-state index contributed by atoms with van der Waals surface area (Å²) in [5.41, 5.74) is 2.06. The fraction of sp³-hybridized carbons (Fsp3) is 0.0625. The van der Waals surface area contributed by atoms with E-state index in [9.17, 15) is 13.2 Å². The van der Waals surface area contributed by atoms with Crippen molar-refractivity contribution in [3.63, 3.8) is 0 Å². The van der Waals surface area contributed by atoms with Crippen molar-refractivity contribution in [2.75, 3.05) is 0 Å². The van der Waals surface area contributed by atoms with Crippen LogP contribution in [0.25, 0.3) is 32.8 Å². The molecule has 0 bridgehead atoms. The van der Waals surface area contributed by atoms with Gasteiger partial charge in [-0.2, -0.15) is 13.2 Å². The van der Waals surface area contributed by atoms with Crippen LogP contribution in [0.5, 0.6) is 0 Å². The highest BCUT2D eigenvalue weighted by Gasteiger charge is 2.30. The molecule has 0 amide bonds. The van der Waals surface area contributed by atoms with Gasteiger partial charge in [-0.3, -0.25) is 0 Å². The molecule has 1 N–H and O–H groups in total. The molecular formula is C16H9F3N2. The predicted octanol–water partition coefficient (Wildman–Crippen LogP) is 4.89. The highest BCUT2D eigenvalue weighted by molar-refractivity contribution is 6.08. The number of alkyl halides is 3. The van der Waals surface area contributed by atoms with E-state index >= 15 is 0 Å². The second-order valence-corrected chi connectivity index (χ2v) is 4.96. The molecule has 21 heavy (non-hydrogen) atoms.